The lowest BCUT2D eigenvalue weighted by molar-refractivity contribution is -0.133. The van der Waals surface area contributed by atoms with E-state index in [4.69, 9.17) is 9.47 Å². The molecule has 30 heavy (non-hydrogen) atoms. The number of methoxy groups -OCH3 is 1. The lowest BCUT2D eigenvalue weighted by atomic mass is 9.97. The molecule has 5 nitrogen and oxygen atoms in total. The van der Waals surface area contributed by atoms with E-state index in [2.05, 4.69) is 11.1 Å². The van der Waals surface area contributed by atoms with Crippen LogP contribution < -0.4 is 9.47 Å². The van der Waals surface area contributed by atoms with Gasteiger partial charge in [0.2, 0.25) is 0 Å². The van der Waals surface area contributed by atoms with Gasteiger partial charge in [-0.2, -0.15) is 0 Å². The molecule has 0 aliphatic carbocycles. The number of carbonyl (C=O) groups is 1. The number of rotatable bonds is 7. The summed E-state index contributed by atoms with van der Waals surface area (Å²) in [6, 6.07) is 25.1. The molecule has 4 rings (SSSR count). The Hall–Kier alpha value is -3.73. The van der Waals surface area contributed by atoms with E-state index >= 15 is 0 Å². The Kier molecular flexibility index (Phi) is 5.70. The second-order valence-electron chi connectivity index (χ2n) is 7.07. The minimum absolute atomic E-state index is 0.0471. The van der Waals surface area contributed by atoms with Crippen LogP contribution in [0, 0.1) is 0 Å². The van der Waals surface area contributed by atoms with Gasteiger partial charge in [-0.05, 0) is 35.9 Å². The van der Waals surface area contributed by atoms with Crippen molar-refractivity contribution in [2.75, 3.05) is 20.8 Å². The van der Waals surface area contributed by atoms with E-state index in [0.29, 0.717) is 5.75 Å². The van der Waals surface area contributed by atoms with Crippen molar-refractivity contribution in [2.24, 2.45) is 0 Å². The number of hydrogen-bond acceptors (Lipinski definition) is 3. The van der Waals surface area contributed by atoms with Crippen LogP contribution in [0.15, 0.2) is 85.1 Å². The van der Waals surface area contributed by atoms with Crippen LogP contribution in [0.25, 0.3) is 10.9 Å². The van der Waals surface area contributed by atoms with Crippen LogP contribution in [0.5, 0.6) is 11.5 Å². The van der Waals surface area contributed by atoms with E-state index in [1.54, 1.807) is 24.1 Å². The van der Waals surface area contributed by atoms with Gasteiger partial charge in [0.1, 0.15) is 11.5 Å². The standard InChI is InChI=1S/C25H24N2O3/c1-27(24(28)17-30-20-14-12-19(29-2)13-15-20)25(18-8-4-3-5-9-18)22-16-26-23-11-7-6-10-21(22)23/h3-16,25-26H,17H2,1-2H3/t25-/m1/s1. The normalized spacial score (nSPS) is 11.8. The summed E-state index contributed by atoms with van der Waals surface area (Å²) in [4.78, 5) is 18.1. The molecule has 3 aromatic carbocycles. The number of hydrogen-bond donors (Lipinski definition) is 1. The first kappa shape index (κ1) is 19.6. The molecule has 0 saturated heterocycles. The highest BCUT2D eigenvalue weighted by Gasteiger charge is 2.26. The van der Waals surface area contributed by atoms with Gasteiger partial charge in [0.25, 0.3) is 5.91 Å². The van der Waals surface area contributed by atoms with Crippen molar-refractivity contribution >= 4 is 16.8 Å². The molecule has 0 aliphatic rings. The molecule has 0 bridgehead atoms. The van der Waals surface area contributed by atoms with Gasteiger partial charge in [-0.15, -0.1) is 0 Å². The van der Waals surface area contributed by atoms with Gasteiger partial charge >= 0.3 is 0 Å². The van der Waals surface area contributed by atoms with Crippen LogP contribution in [-0.2, 0) is 4.79 Å². The number of fused-ring (bicyclic) bond motifs is 1. The zero-order chi connectivity index (χ0) is 20.9. The molecule has 0 aliphatic heterocycles. The topological polar surface area (TPSA) is 54.6 Å². The van der Waals surface area contributed by atoms with Crippen LogP contribution in [0.1, 0.15) is 17.2 Å². The Morgan fingerprint density at radius 3 is 2.33 bits per heavy atom. The van der Waals surface area contributed by atoms with Crippen LogP contribution >= 0.6 is 0 Å². The molecule has 0 spiro atoms. The summed E-state index contributed by atoms with van der Waals surface area (Å²) in [5, 5.41) is 1.10. The van der Waals surface area contributed by atoms with Crippen LogP contribution in [0.3, 0.4) is 0 Å². The number of benzene rings is 3. The fraction of sp³-hybridized carbons (Fsp3) is 0.160. The third kappa shape index (κ3) is 4.01. The van der Waals surface area contributed by atoms with Crippen molar-refractivity contribution in [3.8, 4) is 11.5 Å². The first-order valence-corrected chi connectivity index (χ1v) is 9.81. The molecular weight excluding hydrogens is 376 g/mol. The molecule has 0 fully saturated rings. The summed E-state index contributed by atoms with van der Waals surface area (Å²) in [6.45, 7) is -0.0471. The quantitative estimate of drug-likeness (QED) is 0.485. The minimum Gasteiger partial charge on any atom is -0.497 e. The SMILES string of the molecule is COc1ccc(OCC(=O)N(C)[C@H](c2ccccc2)c2c[nH]c3ccccc23)cc1. The molecule has 0 unspecified atom stereocenters. The monoisotopic (exact) mass is 400 g/mol. The van der Waals surface area contributed by atoms with E-state index in [1.165, 1.54) is 0 Å². The number of aromatic amines is 1. The third-order valence-electron chi connectivity index (χ3n) is 5.23. The average molecular weight is 400 g/mol. The summed E-state index contributed by atoms with van der Waals surface area (Å²) in [5.74, 6) is 1.26. The molecule has 1 N–H and O–H groups in total. The number of nitrogens with one attached hydrogen (secondary N) is 1. The van der Waals surface area contributed by atoms with E-state index < -0.39 is 0 Å². The molecule has 5 heteroatoms. The van der Waals surface area contributed by atoms with Crippen molar-refractivity contribution in [1.82, 2.24) is 9.88 Å². The number of aromatic nitrogens is 1. The smallest absolute Gasteiger partial charge is 0.261 e. The van der Waals surface area contributed by atoms with Crippen molar-refractivity contribution in [1.29, 1.82) is 0 Å². The highest BCUT2D eigenvalue weighted by atomic mass is 16.5. The Morgan fingerprint density at radius 1 is 0.933 bits per heavy atom. The van der Waals surface area contributed by atoms with Crippen LogP contribution in [0.2, 0.25) is 0 Å². The minimum atomic E-state index is -0.227. The third-order valence-corrected chi connectivity index (χ3v) is 5.23. The highest BCUT2D eigenvalue weighted by Crippen LogP contribution is 2.33. The molecule has 1 aromatic heterocycles. The molecule has 152 valence electrons. The maximum Gasteiger partial charge on any atom is 0.261 e. The number of H-pyrrole nitrogens is 1. The largest absolute Gasteiger partial charge is 0.497 e. The number of likely N-dealkylation sites (N-methyl/N-ethyl adjacent to an activating group) is 1. The van der Waals surface area contributed by atoms with Crippen molar-refractivity contribution in [2.45, 2.75) is 6.04 Å². The molecule has 4 aromatic rings. The van der Waals surface area contributed by atoms with Gasteiger partial charge < -0.3 is 19.4 Å². The molecule has 1 heterocycles. The summed E-state index contributed by atoms with van der Waals surface area (Å²) in [5.41, 5.74) is 3.14. The summed E-state index contributed by atoms with van der Waals surface area (Å²) >= 11 is 0. The second-order valence-corrected chi connectivity index (χ2v) is 7.07. The second kappa shape index (κ2) is 8.74. The zero-order valence-corrected chi connectivity index (χ0v) is 17.0. The van der Waals surface area contributed by atoms with Crippen molar-refractivity contribution in [3.63, 3.8) is 0 Å². The molecular formula is C25H24N2O3. The molecule has 0 saturated carbocycles. The molecule has 0 radical (unpaired) electrons. The van der Waals surface area contributed by atoms with Crippen LogP contribution in [0.4, 0.5) is 0 Å². The maximum absolute atomic E-state index is 13.1. The Morgan fingerprint density at radius 2 is 1.60 bits per heavy atom. The molecule has 1 atom stereocenters. The summed E-state index contributed by atoms with van der Waals surface area (Å²) in [7, 11) is 3.43. The number of nitrogens with zero attached hydrogens (tertiary/aromatic N) is 1. The lowest BCUT2D eigenvalue weighted by Gasteiger charge is -2.29. The van der Waals surface area contributed by atoms with Gasteiger partial charge in [-0.3, -0.25) is 4.79 Å². The Balaban J connectivity index is 1.59. The Bertz CT molecular complexity index is 1120. The fourth-order valence-electron chi connectivity index (χ4n) is 3.63. The number of amides is 1. The lowest BCUT2D eigenvalue weighted by Crippen LogP contribution is -2.35. The highest BCUT2D eigenvalue weighted by molar-refractivity contribution is 5.85. The number of ether oxygens (including phenoxy) is 2. The number of carbonyl (C=O) groups excluding carboxylic acids is 1. The van der Waals surface area contributed by atoms with Gasteiger partial charge in [0.15, 0.2) is 6.61 Å². The van der Waals surface area contributed by atoms with Gasteiger partial charge in [0, 0.05) is 29.7 Å². The van der Waals surface area contributed by atoms with Crippen molar-refractivity contribution in [3.05, 3.63) is 96.2 Å². The first-order valence-electron chi connectivity index (χ1n) is 9.81. The predicted octanol–water partition coefficient (Wildman–Crippen LogP) is 4.80. The van der Waals surface area contributed by atoms with Crippen molar-refractivity contribution < 1.29 is 14.3 Å². The van der Waals surface area contributed by atoms with E-state index in [9.17, 15) is 4.79 Å². The van der Waals surface area contributed by atoms with Gasteiger partial charge in [-0.25, -0.2) is 0 Å². The van der Waals surface area contributed by atoms with Crippen LogP contribution in [-0.4, -0.2) is 36.6 Å². The van der Waals surface area contributed by atoms with E-state index in [-0.39, 0.29) is 18.6 Å². The summed E-state index contributed by atoms with van der Waals surface area (Å²) in [6.07, 6.45) is 1.98. The van der Waals surface area contributed by atoms with E-state index in [1.807, 2.05) is 73.9 Å². The average Bonchev–Trinajstić information content (AvgIpc) is 3.22. The summed E-state index contributed by atoms with van der Waals surface area (Å²) < 4.78 is 10.9. The molecule has 1 amide bonds. The predicted molar refractivity (Wildman–Crippen MR) is 118 cm³/mol. The maximum atomic E-state index is 13.1. The fourth-order valence-corrected chi connectivity index (χ4v) is 3.63. The zero-order valence-electron chi connectivity index (χ0n) is 17.0. The number of para-hydroxylation sites is 1. The van der Waals surface area contributed by atoms with E-state index in [0.717, 1.165) is 27.8 Å². The van der Waals surface area contributed by atoms with Gasteiger partial charge in [0.05, 0.1) is 13.2 Å². The van der Waals surface area contributed by atoms with Gasteiger partial charge in [-0.1, -0.05) is 48.5 Å². The Labute approximate surface area is 175 Å². The first-order chi connectivity index (χ1) is 14.7.